The highest BCUT2D eigenvalue weighted by molar-refractivity contribution is 14.1. The third-order valence-electron chi connectivity index (χ3n) is 3.58. The van der Waals surface area contributed by atoms with Gasteiger partial charge in [0.05, 0.1) is 14.2 Å². The van der Waals surface area contributed by atoms with E-state index in [4.69, 9.17) is 4.74 Å². The molecule has 1 atom stereocenters. The number of aliphatic hydroxyl groups is 1. The summed E-state index contributed by atoms with van der Waals surface area (Å²) < 4.78 is 50.0. The summed E-state index contributed by atoms with van der Waals surface area (Å²) in [6, 6.07) is 5.00. The van der Waals surface area contributed by atoms with E-state index < -0.39 is 29.6 Å². The largest absolute Gasteiger partial charge is 0.496 e. The average molecular weight is 446 g/mol. The Balaban J connectivity index is 3.35. The van der Waals surface area contributed by atoms with Crippen LogP contribution in [0.3, 0.4) is 0 Å². The van der Waals surface area contributed by atoms with Crippen LogP contribution in [-0.2, 0) is 14.9 Å². The Kier molecular flexibility index (Phi) is 5.95. The van der Waals surface area contributed by atoms with Crippen molar-refractivity contribution in [3.05, 3.63) is 27.3 Å². The molecule has 0 aliphatic heterocycles. The molecule has 1 aromatic rings. The first kappa shape index (κ1) is 20.0. The van der Waals surface area contributed by atoms with Gasteiger partial charge in [0.1, 0.15) is 5.75 Å². The Morgan fingerprint density at radius 2 is 1.83 bits per heavy atom. The van der Waals surface area contributed by atoms with E-state index in [0.717, 1.165) is 10.7 Å². The summed E-state index contributed by atoms with van der Waals surface area (Å²) in [5.41, 5.74) is -4.35. The monoisotopic (exact) mass is 446 g/mol. The summed E-state index contributed by atoms with van der Waals surface area (Å²) in [4.78, 5) is 11.6. The van der Waals surface area contributed by atoms with Crippen LogP contribution in [0, 0.1) is 3.57 Å². The van der Waals surface area contributed by atoms with Crippen LogP contribution in [0.1, 0.15) is 25.8 Å². The van der Waals surface area contributed by atoms with Gasteiger partial charge in [-0.15, -0.1) is 0 Å². The molecule has 1 N–H and O–H groups in total. The Hall–Kier alpha value is -1.03. The molecule has 0 radical (unpaired) electrons. The number of carbonyl (C=O) groups excluding carboxylic acids is 1. The highest BCUT2D eigenvalue weighted by atomic mass is 127. The minimum Gasteiger partial charge on any atom is -0.496 e. The molecule has 1 rings (SSSR count). The van der Waals surface area contributed by atoms with Crippen molar-refractivity contribution >= 4 is 28.6 Å². The minimum atomic E-state index is -5.16. The Bertz CT molecular complexity index is 587. The van der Waals surface area contributed by atoms with Crippen molar-refractivity contribution in [3.63, 3.8) is 0 Å². The van der Waals surface area contributed by atoms with Gasteiger partial charge in [-0.2, -0.15) is 13.2 Å². The number of alkyl halides is 3. The van der Waals surface area contributed by atoms with E-state index in [-0.39, 0.29) is 0 Å². The van der Waals surface area contributed by atoms with Crippen LogP contribution < -0.4 is 4.74 Å². The van der Waals surface area contributed by atoms with Gasteiger partial charge in [0.15, 0.2) is 0 Å². The molecule has 23 heavy (non-hydrogen) atoms. The minimum absolute atomic E-state index is 0.385. The van der Waals surface area contributed by atoms with Crippen LogP contribution in [0.5, 0.6) is 5.75 Å². The fraction of sp³-hybridized carbons (Fsp3) is 0.533. The van der Waals surface area contributed by atoms with Crippen molar-refractivity contribution in [2.75, 3.05) is 14.2 Å². The maximum atomic E-state index is 13.3. The number of esters is 1. The Morgan fingerprint density at radius 3 is 2.26 bits per heavy atom. The molecule has 0 saturated carbocycles. The van der Waals surface area contributed by atoms with Gasteiger partial charge < -0.3 is 14.6 Å². The van der Waals surface area contributed by atoms with Gasteiger partial charge in [0, 0.05) is 9.99 Å². The van der Waals surface area contributed by atoms with Gasteiger partial charge in [-0.1, -0.05) is 19.9 Å². The summed E-state index contributed by atoms with van der Waals surface area (Å²) in [5, 5.41) is 9.99. The van der Waals surface area contributed by atoms with Gasteiger partial charge in [0.25, 0.3) is 5.60 Å². The molecule has 0 aliphatic rings. The summed E-state index contributed by atoms with van der Waals surface area (Å²) in [7, 11) is 2.21. The standard InChI is InChI=1S/C15H18F3IO4/c1-13(2,10-6-5-9(19)7-11(10)22-3)8-14(21,12(20)23-4)15(16,17)18/h5-7,21H,8H2,1-4H3. The van der Waals surface area contributed by atoms with Gasteiger partial charge in [0.2, 0.25) is 0 Å². The highest BCUT2D eigenvalue weighted by Crippen LogP contribution is 2.44. The molecule has 0 spiro atoms. The van der Waals surface area contributed by atoms with Gasteiger partial charge in [-0.3, -0.25) is 0 Å². The van der Waals surface area contributed by atoms with Crippen molar-refractivity contribution in [3.8, 4) is 5.75 Å². The van der Waals surface area contributed by atoms with E-state index in [2.05, 4.69) is 4.74 Å². The number of halogens is 4. The molecule has 0 bridgehead atoms. The zero-order chi connectivity index (χ0) is 18.1. The summed E-state index contributed by atoms with van der Waals surface area (Å²) >= 11 is 2.05. The highest BCUT2D eigenvalue weighted by Gasteiger charge is 2.62. The molecule has 0 heterocycles. The molecule has 4 nitrogen and oxygen atoms in total. The van der Waals surface area contributed by atoms with Crippen molar-refractivity contribution in [1.82, 2.24) is 0 Å². The average Bonchev–Trinajstić information content (AvgIpc) is 2.43. The van der Waals surface area contributed by atoms with Crippen LogP contribution >= 0.6 is 22.6 Å². The summed E-state index contributed by atoms with van der Waals surface area (Å²) in [6.07, 6.45) is -6.05. The number of hydrogen-bond acceptors (Lipinski definition) is 4. The molecular formula is C15H18F3IO4. The number of ether oxygens (including phenoxy) is 2. The lowest BCUT2D eigenvalue weighted by Crippen LogP contribution is -2.55. The van der Waals surface area contributed by atoms with E-state index in [1.54, 1.807) is 18.2 Å². The predicted octanol–water partition coefficient (Wildman–Crippen LogP) is 3.43. The first-order valence-corrected chi connectivity index (χ1v) is 7.68. The van der Waals surface area contributed by atoms with E-state index in [1.807, 2.05) is 22.6 Å². The van der Waals surface area contributed by atoms with Gasteiger partial charge >= 0.3 is 12.1 Å². The van der Waals surface area contributed by atoms with Crippen LogP contribution in [0.25, 0.3) is 0 Å². The topological polar surface area (TPSA) is 55.8 Å². The number of hydrogen-bond donors (Lipinski definition) is 1. The fourth-order valence-electron chi connectivity index (χ4n) is 2.42. The first-order chi connectivity index (χ1) is 10.4. The zero-order valence-corrected chi connectivity index (χ0v) is 15.3. The lowest BCUT2D eigenvalue weighted by Gasteiger charge is -2.36. The lowest BCUT2D eigenvalue weighted by molar-refractivity contribution is -0.266. The Labute approximate surface area is 146 Å². The molecule has 1 aromatic carbocycles. The van der Waals surface area contributed by atoms with Crippen LogP contribution in [0.2, 0.25) is 0 Å². The van der Waals surface area contributed by atoms with Crippen molar-refractivity contribution in [2.24, 2.45) is 0 Å². The predicted molar refractivity (Wildman–Crippen MR) is 86.4 cm³/mol. The van der Waals surface area contributed by atoms with Crippen LogP contribution in [0.4, 0.5) is 13.2 Å². The smallest absolute Gasteiger partial charge is 0.428 e. The fourth-order valence-corrected chi connectivity index (χ4v) is 2.88. The normalized spacial score (nSPS) is 15.0. The second kappa shape index (κ2) is 6.84. The van der Waals surface area contributed by atoms with E-state index >= 15 is 0 Å². The van der Waals surface area contributed by atoms with E-state index in [1.165, 1.54) is 21.0 Å². The Morgan fingerprint density at radius 1 is 1.26 bits per heavy atom. The van der Waals surface area contributed by atoms with Crippen LogP contribution in [0.15, 0.2) is 18.2 Å². The second-order valence-corrected chi connectivity index (χ2v) is 7.00. The molecule has 130 valence electrons. The van der Waals surface area contributed by atoms with Crippen LogP contribution in [-0.4, -0.2) is 37.1 Å². The maximum Gasteiger partial charge on any atom is 0.428 e. The van der Waals surface area contributed by atoms with E-state index in [0.29, 0.717) is 11.3 Å². The molecule has 0 fully saturated rings. The SMILES string of the molecule is COC(=O)C(O)(CC(C)(C)c1ccc(I)cc1OC)C(F)(F)F. The first-order valence-electron chi connectivity index (χ1n) is 6.60. The molecule has 0 saturated heterocycles. The lowest BCUT2D eigenvalue weighted by atomic mass is 9.74. The van der Waals surface area contributed by atoms with Crippen molar-refractivity contribution in [1.29, 1.82) is 0 Å². The number of carbonyl (C=O) groups is 1. The molecule has 0 aromatic heterocycles. The maximum absolute atomic E-state index is 13.3. The molecule has 1 unspecified atom stereocenters. The summed E-state index contributed by atoms with van der Waals surface area (Å²) in [5.74, 6) is -1.35. The van der Waals surface area contributed by atoms with Crippen molar-refractivity contribution < 1.29 is 32.5 Å². The number of benzene rings is 1. The molecular weight excluding hydrogens is 428 g/mol. The third kappa shape index (κ3) is 4.09. The second-order valence-electron chi connectivity index (χ2n) is 5.75. The van der Waals surface area contributed by atoms with Gasteiger partial charge in [-0.25, -0.2) is 4.79 Å². The number of rotatable bonds is 5. The van der Waals surface area contributed by atoms with Gasteiger partial charge in [-0.05, 0) is 45.7 Å². The molecule has 8 heteroatoms. The third-order valence-corrected chi connectivity index (χ3v) is 4.25. The quantitative estimate of drug-likeness (QED) is 0.557. The summed E-state index contributed by atoms with van der Waals surface area (Å²) in [6.45, 7) is 2.99. The molecule has 0 aliphatic carbocycles. The number of methoxy groups -OCH3 is 2. The zero-order valence-electron chi connectivity index (χ0n) is 13.1. The van der Waals surface area contributed by atoms with E-state index in [9.17, 15) is 23.1 Å². The molecule has 0 amide bonds. The van der Waals surface area contributed by atoms with Crippen molar-refractivity contribution in [2.45, 2.75) is 37.5 Å².